The van der Waals surface area contributed by atoms with Crippen LogP contribution in [-0.2, 0) is 10.9 Å². The Hall–Kier alpha value is -1.26. The van der Waals surface area contributed by atoms with Crippen molar-refractivity contribution >= 4 is 0 Å². The molecule has 1 aromatic carbocycles. The van der Waals surface area contributed by atoms with Gasteiger partial charge in [-0.3, -0.25) is 20.9 Å². The molecule has 3 saturated heterocycles. The second-order valence-corrected chi connectivity index (χ2v) is 8.65. The van der Waals surface area contributed by atoms with Crippen LogP contribution in [0.4, 0.5) is 17.6 Å². The Bertz CT molecular complexity index is 695. The molecule has 9 heteroatoms. The molecule has 29 heavy (non-hydrogen) atoms. The molecule has 5 nitrogen and oxygen atoms in total. The fourth-order valence-corrected chi connectivity index (χ4v) is 4.45. The van der Waals surface area contributed by atoms with Crippen LogP contribution < -0.4 is 16.0 Å². The van der Waals surface area contributed by atoms with E-state index in [4.69, 9.17) is 4.74 Å². The molecule has 3 heterocycles. The van der Waals surface area contributed by atoms with Crippen LogP contribution in [0.25, 0.3) is 0 Å². The third-order valence-corrected chi connectivity index (χ3v) is 6.18. The smallest absolute Gasteiger partial charge is 0.380 e. The normalized spacial score (nSPS) is 32.9. The van der Waals surface area contributed by atoms with Gasteiger partial charge in [0.1, 0.15) is 0 Å². The number of halogens is 4. The molecule has 162 valence electrons. The van der Waals surface area contributed by atoms with Gasteiger partial charge in [-0.1, -0.05) is 19.1 Å². The van der Waals surface area contributed by atoms with Crippen LogP contribution in [0.2, 0.25) is 0 Å². The fraction of sp³-hybridized carbons (Fsp3) is 0.700. The third kappa shape index (κ3) is 4.44. The standard InChI is InChI=1S/C20H28F4N4O/c1-19(10-29-11-19)9-25-17-16(21)18(27-12-26-17)28-8-2-3-15(28)13-4-6-14(7-5-13)20(22,23)24/h4-7,15-18,25-27H,2-3,8-12H2,1H3/t15-,16?,17?,18?/m1/s1. The summed E-state index contributed by atoms with van der Waals surface area (Å²) < 4.78 is 59.2. The van der Waals surface area contributed by atoms with E-state index in [9.17, 15) is 13.2 Å². The first-order valence-corrected chi connectivity index (χ1v) is 10.1. The molecule has 4 rings (SSSR count). The van der Waals surface area contributed by atoms with Crippen molar-refractivity contribution in [3.8, 4) is 0 Å². The number of likely N-dealkylation sites (tertiary alicyclic amines) is 1. The van der Waals surface area contributed by atoms with Crippen molar-refractivity contribution in [1.82, 2.24) is 20.9 Å². The van der Waals surface area contributed by atoms with Crippen molar-refractivity contribution in [2.75, 3.05) is 33.0 Å². The minimum absolute atomic E-state index is 0.0399. The van der Waals surface area contributed by atoms with Crippen LogP contribution in [0.15, 0.2) is 24.3 Å². The summed E-state index contributed by atoms with van der Waals surface area (Å²) >= 11 is 0. The zero-order chi connectivity index (χ0) is 20.6. The van der Waals surface area contributed by atoms with Crippen molar-refractivity contribution < 1.29 is 22.3 Å². The number of hydrogen-bond donors (Lipinski definition) is 3. The molecule has 0 amide bonds. The maximum atomic E-state index is 15.4. The van der Waals surface area contributed by atoms with Gasteiger partial charge in [0, 0.05) is 31.2 Å². The number of nitrogens with zero attached hydrogens (tertiary/aromatic N) is 1. The summed E-state index contributed by atoms with van der Waals surface area (Å²) in [6.07, 6.45) is -4.82. The number of hydrogen-bond acceptors (Lipinski definition) is 5. The van der Waals surface area contributed by atoms with Gasteiger partial charge in [0.2, 0.25) is 0 Å². The van der Waals surface area contributed by atoms with Crippen LogP contribution >= 0.6 is 0 Å². The van der Waals surface area contributed by atoms with E-state index in [0.29, 0.717) is 33.0 Å². The maximum Gasteiger partial charge on any atom is 0.416 e. The lowest BCUT2D eigenvalue weighted by Crippen LogP contribution is -2.69. The van der Waals surface area contributed by atoms with E-state index in [1.807, 2.05) is 0 Å². The molecule has 3 fully saturated rings. The van der Waals surface area contributed by atoms with Crippen molar-refractivity contribution in [3.05, 3.63) is 35.4 Å². The average Bonchev–Trinajstić information content (AvgIpc) is 3.14. The predicted octanol–water partition coefficient (Wildman–Crippen LogP) is 2.61. The quantitative estimate of drug-likeness (QED) is 0.645. The Kier molecular flexibility index (Phi) is 5.87. The molecule has 0 bridgehead atoms. The first kappa shape index (κ1) is 21.0. The maximum absolute atomic E-state index is 15.4. The van der Waals surface area contributed by atoms with Gasteiger partial charge in [0.15, 0.2) is 6.17 Å². The van der Waals surface area contributed by atoms with Crippen molar-refractivity contribution in [2.45, 2.75) is 50.5 Å². The van der Waals surface area contributed by atoms with E-state index in [0.717, 1.165) is 30.5 Å². The molecule has 3 aliphatic heterocycles. The summed E-state index contributed by atoms with van der Waals surface area (Å²) in [4.78, 5) is 2.05. The largest absolute Gasteiger partial charge is 0.416 e. The summed E-state index contributed by atoms with van der Waals surface area (Å²) in [5, 5.41) is 9.62. The lowest BCUT2D eigenvalue weighted by molar-refractivity contribution is -0.137. The first-order valence-electron chi connectivity index (χ1n) is 10.1. The van der Waals surface area contributed by atoms with Gasteiger partial charge < -0.3 is 4.74 Å². The Morgan fingerprint density at radius 1 is 1.21 bits per heavy atom. The molecule has 0 radical (unpaired) electrons. The molecule has 0 aliphatic carbocycles. The minimum Gasteiger partial charge on any atom is -0.380 e. The second-order valence-electron chi connectivity index (χ2n) is 8.65. The van der Waals surface area contributed by atoms with Gasteiger partial charge in [-0.25, -0.2) is 4.39 Å². The number of rotatable bonds is 5. The summed E-state index contributed by atoms with van der Waals surface area (Å²) in [5.74, 6) is 0. The number of alkyl halides is 4. The number of benzene rings is 1. The SMILES string of the molecule is CC1(CNC2NCNC(N3CCC[C@@H]3c3ccc(C(F)(F)F)cc3)C2F)COC1. The molecule has 0 aromatic heterocycles. The summed E-state index contributed by atoms with van der Waals surface area (Å²) in [6.45, 7) is 5.30. The molecule has 0 saturated carbocycles. The first-order chi connectivity index (χ1) is 13.8. The van der Waals surface area contributed by atoms with E-state index in [-0.39, 0.29) is 11.5 Å². The van der Waals surface area contributed by atoms with Gasteiger partial charge >= 0.3 is 6.18 Å². The molecule has 3 N–H and O–H groups in total. The lowest BCUT2D eigenvalue weighted by atomic mass is 9.88. The van der Waals surface area contributed by atoms with E-state index in [1.54, 1.807) is 0 Å². The molecular weight excluding hydrogens is 388 g/mol. The highest BCUT2D eigenvalue weighted by Crippen LogP contribution is 2.37. The Balaban J connectivity index is 1.43. The minimum atomic E-state index is -4.35. The van der Waals surface area contributed by atoms with Crippen molar-refractivity contribution in [2.24, 2.45) is 5.41 Å². The van der Waals surface area contributed by atoms with Gasteiger partial charge in [0.25, 0.3) is 0 Å². The Labute approximate surface area is 168 Å². The predicted molar refractivity (Wildman–Crippen MR) is 101 cm³/mol. The van der Waals surface area contributed by atoms with Gasteiger partial charge in [0.05, 0.1) is 31.1 Å². The number of ether oxygens (including phenoxy) is 1. The van der Waals surface area contributed by atoms with Crippen LogP contribution in [0.5, 0.6) is 0 Å². The summed E-state index contributed by atoms with van der Waals surface area (Å²) in [6, 6.07) is 5.17. The third-order valence-electron chi connectivity index (χ3n) is 6.18. The van der Waals surface area contributed by atoms with Crippen LogP contribution in [0.3, 0.4) is 0 Å². The molecule has 0 spiro atoms. The summed E-state index contributed by atoms with van der Waals surface area (Å²) in [5.41, 5.74) is 0.177. The summed E-state index contributed by atoms with van der Waals surface area (Å²) in [7, 11) is 0. The zero-order valence-corrected chi connectivity index (χ0v) is 16.4. The van der Waals surface area contributed by atoms with Gasteiger partial charge in [-0.2, -0.15) is 13.2 Å². The topological polar surface area (TPSA) is 48.6 Å². The highest BCUT2D eigenvalue weighted by atomic mass is 19.4. The molecule has 3 unspecified atom stereocenters. The van der Waals surface area contributed by atoms with Gasteiger partial charge in [-0.15, -0.1) is 0 Å². The Morgan fingerprint density at radius 3 is 2.55 bits per heavy atom. The number of nitrogens with one attached hydrogen (secondary N) is 3. The van der Waals surface area contributed by atoms with E-state index in [2.05, 4.69) is 27.8 Å². The lowest BCUT2D eigenvalue weighted by Gasteiger charge is -2.44. The van der Waals surface area contributed by atoms with Crippen molar-refractivity contribution in [3.63, 3.8) is 0 Å². The van der Waals surface area contributed by atoms with Crippen LogP contribution in [0.1, 0.15) is 36.9 Å². The Morgan fingerprint density at radius 2 is 1.93 bits per heavy atom. The molecule has 1 aromatic rings. The van der Waals surface area contributed by atoms with E-state index in [1.165, 1.54) is 12.1 Å². The highest BCUT2D eigenvalue weighted by Gasteiger charge is 2.43. The second kappa shape index (κ2) is 8.11. The van der Waals surface area contributed by atoms with Gasteiger partial charge in [-0.05, 0) is 30.5 Å². The monoisotopic (exact) mass is 416 g/mol. The van der Waals surface area contributed by atoms with Crippen LogP contribution in [0, 0.1) is 5.41 Å². The average molecular weight is 416 g/mol. The molecular formula is C20H28F4N4O. The highest BCUT2D eigenvalue weighted by molar-refractivity contribution is 5.27. The zero-order valence-electron chi connectivity index (χ0n) is 16.4. The van der Waals surface area contributed by atoms with E-state index < -0.39 is 30.2 Å². The van der Waals surface area contributed by atoms with Crippen molar-refractivity contribution in [1.29, 1.82) is 0 Å². The van der Waals surface area contributed by atoms with Crippen LogP contribution in [-0.4, -0.2) is 56.4 Å². The fourth-order valence-electron chi connectivity index (χ4n) is 4.45. The molecule has 4 atom stereocenters. The molecule has 3 aliphatic rings. The van der Waals surface area contributed by atoms with E-state index >= 15 is 4.39 Å².